The van der Waals surface area contributed by atoms with Gasteiger partial charge in [-0.15, -0.1) is 5.10 Å². The monoisotopic (exact) mass is 402 g/mol. The highest BCUT2D eigenvalue weighted by atomic mass is 79.9. The SMILES string of the molecule is Cc1ccccc1Cn1cnc(NC(=O)C(C)Cn2cc(Br)cn2)n1. The summed E-state index contributed by atoms with van der Waals surface area (Å²) in [6.45, 7) is 5.01. The summed E-state index contributed by atoms with van der Waals surface area (Å²) in [5, 5.41) is 11.2. The van der Waals surface area contributed by atoms with Crippen molar-refractivity contribution in [3.8, 4) is 0 Å². The summed E-state index contributed by atoms with van der Waals surface area (Å²) >= 11 is 3.34. The Balaban J connectivity index is 1.59. The average Bonchev–Trinajstić information content (AvgIpc) is 3.18. The van der Waals surface area contributed by atoms with Gasteiger partial charge in [-0.25, -0.2) is 9.67 Å². The van der Waals surface area contributed by atoms with Crippen molar-refractivity contribution >= 4 is 27.8 Å². The minimum atomic E-state index is -0.255. The number of anilines is 1. The maximum absolute atomic E-state index is 12.3. The second kappa shape index (κ2) is 7.60. The number of hydrogen-bond donors (Lipinski definition) is 1. The van der Waals surface area contributed by atoms with Crippen LogP contribution in [0.4, 0.5) is 5.95 Å². The summed E-state index contributed by atoms with van der Waals surface area (Å²) in [6.07, 6.45) is 5.15. The molecule has 0 saturated carbocycles. The van der Waals surface area contributed by atoms with Gasteiger partial charge in [-0.3, -0.25) is 14.8 Å². The molecule has 0 aliphatic carbocycles. The topological polar surface area (TPSA) is 77.6 Å². The van der Waals surface area contributed by atoms with E-state index < -0.39 is 0 Å². The molecule has 2 heterocycles. The predicted octanol–water partition coefficient (Wildman–Crippen LogP) is 2.87. The molecule has 7 nitrogen and oxygen atoms in total. The molecule has 0 aliphatic rings. The highest BCUT2D eigenvalue weighted by Crippen LogP contribution is 2.11. The van der Waals surface area contributed by atoms with E-state index in [1.165, 1.54) is 11.1 Å². The van der Waals surface area contributed by atoms with Crippen molar-refractivity contribution in [1.29, 1.82) is 0 Å². The lowest BCUT2D eigenvalue weighted by Gasteiger charge is -2.10. The number of nitrogens with one attached hydrogen (secondary N) is 1. The lowest BCUT2D eigenvalue weighted by atomic mass is 10.1. The Morgan fingerprint density at radius 1 is 1.32 bits per heavy atom. The van der Waals surface area contributed by atoms with Crippen molar-refractivity contribution in [1.82, 2.24) is 24.5 Å². The molecule has 1 unspecified atom stereocenters. The van der Waals surface area contributed by atoms with Gasteiger partial charge in [0.2, 0.25) is 11.9 Å². The number of hydrogen-bond acceptors (Lipinski definition) is 4. The molecular weight excluding hydrogens is 384 g/mol. The number of rotatable bonds is 6. The fourth-order valence-electron chi connectivity index (χ4n) is 2.43. The van der Waals surface area contributed by atoms with Gasteiger partial charge < -0.3 is 0 Å². The molecule has 25 heavy (non-hydrogen) atoms. The first-order valence-electron chi connectivity index (χ1n) is 7.94. The third kappa shape index (κ3) is 4.54. The lowest BCUT2D eigenvalue weighted by molar-refractivity contribution is -0.119. The molecule has 1 aromatic carbocycles. The second-order valence-electron chi connectivity index (χ2n) is 5.96. The maximum atomic E-state index is 12.3. The molecule has 1 N–H and O–H groups in total. The molecule has 1 amide bonds. The van der Waals surface area contributed by atoms with Gasteiger partial charge in [0, 0.05) is 6.20 Å². The number of carbonyl (C=O) groups is 1. The van der Waals surface area contributed by atoms with Crippen molar-refractivity contribution < 1.29 is 4.79 Å². The average molecular weight is 403 g/mol. The van der Waals surface area contributed by atoms with E-state index in [4.69, 9.17) is 0 Å². The highest BCUT2D eigenvalue weighted by molar-refractivity contribution is 9.10. The Morgan fingerprint density at radius 2 is 2.12 bits per heavy atom. The van der Waals surface area contributed by atoms with Crippen LogP contribution in [0.5, 0.6) is 0 Å². The summed E-state index contributed by atoms with van der Waals surface area (Å²) in [4.78, 5) is 16.5. The van der Waals surface area contributed by atoms with Gasteiger partial charge in [0.25, 0.3) is 0 Å². The predicted molar refractivity (Wildman–Crippen MR) is 98.0 cm³/mol. The van der Waals surface area contributed by atoms with Crippen LogP contribution >= 0.6 is 15.9 Å². The number of carbonyl (C=O) groups excluding carboxylic acids is 1. The Labute approximate surface area is 154 Å². The Morgan fingerprint density at radius 3 is 2.84 bits per heavy atom. The fourth-order valence-corrected chi connectivity index (χ4v) is 2.75. The van der Waals surface area contributed by atoms with Crippen molar-refractivity contribution in [3.63, 3.8) is 0 Å². The molecule has 0 fully saturated rings. The molecule has 130 valence electrons. The van der Waals surface area contributed by atoms with E-state index in [-0.39, 0.29) is 11.8 Å². The van der Waals surface area contributed by atoms with Gasteiger partial charge in [-0.1, -0.05) is 31.2 Å². The van der Waals surface area contributed by atoms with E-state index in [9.17, 15) is 4.79 Å². The summed E-state index contributed by atoms with van der Waals surface area (Å²) in [7, 11) is 0. The molecule has 1 atom stereocenters. The first-order valence-corrected chi connectivity index (χ1v) is 8.73. The number of halogens is 1. The van der Waals surface area contributed by atoms with Crippen LogP contribution in [0.1, 0.15) is 18.1 Å². The Kier molecular flexibility index (Phi) is 5.28. The van der Waals surface area contributed by atoms with E-state index in [1.54, 1.807) is 21.9 Å². The smallest absolute Gasteiger partial charge is 0.248 e. The summed E-state index contributed by atoms with van der Waals surface area (Å²) < 4.78 is 4.32. The number of amides is 1. The van der Waals surface area contributed by atoms with Crippen molar-refractivity contribution in [2.24, 2.45) is 5.92 Å². The van der Waals surface area contributed by atoms with E-state index >= 15 is 0 Å². The van der Waals surface area contributed by atoms with E-state index in [0.717, 1.165) is 4.47 Å². The van der Waals surface area contributed by atoms with Gasteiger partial charge >= 0.3 is 0 Å². The molecule has 2 aromatic heterocycles. The number of aromatic nitrogens is 5. The van der Waals surface area contributed by atoms with Crippen LogP contribution in [0.15, 0.2) is 47.5 Å². The van der Waals surface area contributed by atoms with Crippen LogP contribution in [-0.4, -0.2) is 30.5 Å². The fraction of sp³-hybridized carbons (Fsp3) is 0.294. The molecule has 0 aliphatic heterocycles. The quantitative estimate of drug-likeness (QED) is 0.687. The van der Waals surface area contributed by atoms with Crippen molar-refractivity contribution in [2.75, 3.05) is 5.32 Å². The zero-order valence-electron chi connectivity index (χ0n) is 14.1. The third-order valence-corrected chi connectivity index (χ3v) is 4.28. The Hall–Kier alpha value is -2.48. The van der Waals surface area contributed by atoms with E-state index in [2.05, 4.69) is 55.5 Å². The van der Waals surface area contributed by atoms with Gasteiger partial charge in [-0.2, -0.15) is 5.10 Å². The van der Waals surface area contributed by atoms with Crippen molar-refractivity contribution in [2.45, 2.75) is 26.9 Å². The molecular formula is C17H19BrN6O. The number of nitrogens with zero attached hydrogens (tertiary/aromatic N) is 5. The molecule has 0 spiro atoms. The molecule has 0 radical (unpaired) electrons. The minimum absolute atomic E-state index is 0.139. The van der Waals surface area contributed by atoms with Crippen LogP contribution in [0.2, 0.25) is 0 Å². The molecule has 3 aromatic rings. The van der Waals surface area contributed by atoms with E-state index in [1.807, 2.05) is 25.3 Å². The summed E-state index contributed by atoms with van der Waals surface area (Å²) in [5.74, 6) is -0.0811. The Bertz CT molecular complexity index is 871. The van der Waals surface area contributed by atoms with Crippen molar-refractivity contribution in [3.05, 3.63) is 58.6 Å². The van der Waals surface area contributed by atoms with Gasteiger partial charge in [-0.05, 0) is 34.0 Å². The normalized spacial score (nSPS) is 12.1. The van der Waals surface area contributed by atoms with Crippen LogP contribution in [0.3, 0.4) is 0 Å². The highest BCUT2D eigenvalue weighted by Gasteiger charge is 2.16. The molecule has 3 rings (SSSR count). The number of benzene rings is 1. The van der Waals surface area contributed by atoms with Crippen LogP contribution in [0, 0.1) is 12.8 Å². The first kappa shape index (κ1) is 17.3. The van der Waals surface area contributed by atoms with Crippen LogP contribution < -0.4 is 5.32 Å². The second-order valence-corrected chi connectivity index (χ2v) is 6.88. The lowest BCUT2D eigenvalue weighted by Crippen LogP contribution is -2.25. The minimum Gasteiger partial charge on any atom is -0.293 e. The van der Waals surface area contributed by atoms with E-state index in [0.29, 0.717) is 19.0 Å². The zero-order chi connectivity index (χ0) is 17.8. The van der Waals surface area contributed by atoms with Crippen LogP contribution in [0.25, 0.3) is 0 Å². The molecule has 0 bridgehead atoms. The number of aryl methyl sites for hydroxylation is 1. The summed E-state index contributed by atoms with van der Waals surface area (Å²) in [5.41, 5.74) is 2.37. The third-order valence-electron chi connectivity index (χ3n) is 3.88. The maximum Gasteiger partial charge on any atom is 0.248 e. The molecule has 0 saturated heterocycles. The van der Waals surface area contributed by atoms with Gasteiger partial charge in [0.15, 0.2) is 0 Å². The first-order chi connectivity index (χ1) is 12.0. The summed E-state index contributed by atoms with van der Waals surface area (Å²) in [6, 6.07) is 8.12. The molecule has 8 heteroatoms. The van der Waals surface area contributed by atoms with Gasteiger partial charge in [0.05, 0.1) is 29.7 Å². The standard InChI is InChI=1S/C17H19BrN6O/c1-12-5-3-4-6-14(12)9-24-11-19-17(22-24)21-16(25)13(2)8-23-10-15(18)7-20-23/h3-7,10-11,13H,8-9H2,1-2H3,(H,21,22,25). The largest absolute Gasteiger partial charge is 0.293 e. The van der Waals surface area contributed by atoms with Gasteiger partial charge in [0.1, 0.15) is 6.33 Å². The zero-order valence-corrected chi connectivity index (χ0v) is 15.6. The van der Waals surface area contributed by atoms with Crippen LogP contribution in [-0.2, 0) is 17.9 Å².